The largest absolute Gasteiger partial charge is 0.467 e. The number of nitrogens with zero attached hydrogens (tertiary/aromatic N) is 2. The molecule has 0 bridgehead atoms. The van der Waals surface area contributed by atoms with Crippen molar-refractivity contribution < 1.29 is 18.8 Å². The molecule has 3 heterocycles. The lowest BCUT2D eigenvalue weighted by Crippen LogP contribution is -2.39. The van der Waals surface area contributed by atoms with E-state index in [1.54, 1.807) is 36.4 Å². The summed E-state index contributed by atoms with van der Waals surface area (Å²) in [6.45, 7) is 5.20. The molecule has 1 fully saturated rings. The van der Waals surface area contributed by atoms with Gasteiger partial charge >= 0.3 is 0 Å². The molecule has 4 rings (SSSR count). The molecule has 1 unspecified atom stereocenters. The molecule has 0 saturated carbocycles. The lowest BCUT2D eigenvalue weighted by molar-refractivity contribution is -0.138. The molecule has 30 heavy (non-hydrogen) atoms. The van der Waals surface area contributed by atoms with Crippen molar-refractivity contribution in [1.82, 2.24) is 9.80 Å². The number of rotatable bonds is 5. The quantitative estimate of drug-likeness (QED) is 0.770. The third kappa shape index (κ3) is 3.87. The van der Waals surface area contributed by atoms with Gasteiger partial charge in [0.15, 0.2) is 0 Å². The van der Waals surface area contributed by atoms with Crippen LogP contribution < -0.4 is 5.32 Å². The van der Waals surface area contributed by atoms with E-state index < -0.39 is 0 Å². The molecule has 2 aliphatic heterocycles. The number of piperidine rings is 1. The average Bonchev–Trinajstić information content (AvgIpc) is 3.30. The van der Waals surface area contributed by atoms with Gasteiger partial charge in [0.1, 0.15) is 11.5 Å². The van der Waals surface area contributed by atoms with Gasteiger partial charge in [0.25, 0.3) is 11.8 Å². The topological polar surface area (TPSA) is 82.9 Å². The maximum absolute atomic E-state index is 13.4. The summed E-state index contributed by atoms with van der Waals surface area (Å²) in [5.74, 6) is 0.243. The Morgan fingerprint density at radius 2 is 1.93 bits per heavy atom. The minimum atomic E-state index is -0.322. The van der Waals surface area contributed by atoms with Crippen LogP contribution in [0.25, 0.3) is 5.57 Å². The summed E-state index contributed by atoms with van der Waals surface area (Å²) in [7, 11) is 0. The molecule has 0 radical (unpaired) electrons. The van der Waals surface area contributed by atoms with Crippen molar-refractivity contribution >= 4 is 29.0 Å². The molecule has 7 nitrogen and oxygen atoms in total. The van der Waals surface area contributed by atoms with E-state index in [1.165, 1.54) is 18.1 Å². The van der Waals surface area contributed by atoms with E-state index in [4.69, 9.17) is 4.42 Å². The first kappa shape index (κ1) is 19.9. The van der Waals surface area contributed by atoms with Crippen LogP contribution in [0.3, 0.4) is 0 Å². The minimum absolute atomic E-state index is 0.102. The summed E-state index contributed by atoms with van der Waals surface area (Å²) in [5.41, 5.74) is 2.18. The molecular formula is C23H25N3O4. The molecule has 156 valence electrons. The summed E-state index contributed by atoms with van der Waals surface area (Å²) in [6, 6.07) is 10.5. The number of benzene rings is 1. The second kappa shape index (κ2) is 8.18. The summed E-state index contributed by atoms with van der Waals surface area (Å²) >= 11 is 0. The van der Waals surface area contributed by atoms with E-state index in [0.717, 1.165) is 25.9 Å². The van der Waals surface area contributed by atoms with Crippen LogP contribution >= 0.6 is 0 Å². The van der Waals surface area contributed by atoms with Gasteiger partial charge < -0.3 is 14.6 Å². The Kier molecular flexibility index (Phi) is 5.44. The monoisotopic (exact) mass is 407 g/mol. The van der Waals surface area contributed by atoms with Crippen LogP contribution in [0, 0.1) is 5.92 Å². The third-order valence-corrected chi connectivity index (χ3v) is 5.50. The van der Waals surface area contributed by atoms with Crippen molar-refractivity contribution in [1.29, 1.82) is 0 Å². The Bertz CT molecular complexity index is 992. The van der Waals surface area contributed by atoms with Gasteiger partial charge in [-0.15, -0.1) is 0 Å². The van der Waals surface area contributed by atoms with Crippen molar-refractivity contribution in [3.63, 3.8) is 0 Å². The predicted octanol–water partition coefficient (Wildman–Crippen LogP) is 3.25. The van der Waals surface area contributed by atoms with Crippen molar-refractivity contribution in [2.24, 2.45) is 5.92 Å². The van der Waals surface area contributed by atoms with Crippen LogP contribution in [0.1, 0.15) is 38.0 Å². The maximum Gasteiger partial charge on any atom is 0.278 e. The van der Waals surface area contributed by atoms with Gasteiger partial charge in [-0.1, -0.05) is 19.1 Å². The number of hydrogen-bond acceptors (Lipinski definition) is 5. The molecule has 2 aliphatic rings. The van der Waals surface area contributed by atoms with Crippen LogP contribution in [0.4, 0.5) is 5.69 Å². The number of nitrogens with one attached hydrogen (secondary N) is 1. The van der Waals surface area contributed by atoms with Crippen LogP contribution in [-0.2, 0) is 20.9 Å². The number of imide groups is 1. The zero-order valence-corrected chi connectivity index (χ0v) is 17.2. The molecule has 1 aromatic carbocycles. The van der Waals surface area contributed by atoms with Gasteiger partial charge in [-0.25, -0.2) is 0 Å². The van der Waals surface area contributed by atoms with Crippen molar-refractivity contribution in [3.05, 3.63) is 59.7 Å². The van der Waals surface area contributed by atoms with Crippen molar-refractivity contribution in [3.8, 4) is 0 Å². The second-order valence-corrected chi connectivity index (χ2v) is 7.95. The van der Waals surface area contributed by atoms with Gasteiger partial charge in [-0.2, -0.15) is 0 Å². The Morgan fingerprint density at radius 1 is 1.17 bits per heavy atom. The van der Waals surface area contributed by atoms with Crippen LogP contribution in [0.2, 0.25) is 0 Å². The fourth-order valence-corrected chi connectivity index (χ4v) is 4.13. The Hall–Kier alpha value is -3.35. The van der Waals surface area contributed by atoms with E-state index in [2.05, 4.69) is 12.2 Å². The SMILES string of the molecule is CC(=O)Nc1ccc(C2=C(N3CCCC(C)C3)C(=O)N(Cc3ccco3)C2=O)cc1. The summed E-state index contributed by atoms with van der Waals surface area (Å²) < 4.78 is 5.37. The van der Waals surface area contributed by atoms with E-state index in [9.17, 15) is 14.4 Å². The first-order valence-corrected chi connectivity index (χ1v) is 10.2. The molecule has 1 atom stereocenters. The molecule has 2 aromatic rings. The summed E-state index contributed by atoms with van der Waals surface area (Å²) in [4.78, 5) is 41.3. The number of amides is 3. The molecule has 1 aromatic heterocycles. The average molecular weight is 407 g/mol. The molecule has 7 heteroatoms. The first-order chi connectivity index (χ1) is 14.4. The molecule has 0 aliphatic carbocycles. The Labute approximate surface area is 175 Å². The normalized spacial score (nSPS) is 19.6. The zero-order chi connectivity index (χ0) is 21.3. The molecule has 0 spiro atoms. The molecule has 3 amide bonds. The Morgan fingerprint density at radius 3 is 2.57 bits per heavy atom. The van der Waals surface area contributed by atoms with Gasteiger partial charge in [-0.3, -0.25) is 19.3 Å². The van der Waals surface area contributed by atoms with Gasteiger partial charge in [0, 0.05) is 25.7 Å². The van der Waals surface area contributed by atoms with E-state index >= 15 is 0 Å². The molecular weight excluding hydrogens is 382 g/mol. The number of hydrogen-bond donors (Lipinski definition) is 1. The van der Waals surface area contributed by atoms with E-state index in [0.29, 0.717) is 34.2 Å². The minimum Gasteiger partial charge on any atom is -0.467 e. The number of anilines is 1. The van der Waals surface area contributed by atoms with Crippen LogP contribution in [0.15, 0.2) is 52.8 Å². The fourth-order valence-electron chi connectivity index (χ4n) is 4.13. The van der Waals surface area contributed by atoms with Gasteiger partial charge in [0.2, 0.25) is 5.91 Å². The standard InChI is InChI=1S/C23H25N3O4/c1-15-5-3-11-25(13-15)21-20(17-7-9-18(10-8-17)24-16(2)27)22(28)26(23(21)29)14-19-6-4-12-30-19/h4,6-10,12,15H,3,5,11,13-14H2,1-2H3,(H,24,27). The number of carbonyl (C=O) groups excluding carboxylic acids is 3. The smallest absolute Gasteiger partial charge is 0.278 e. The van der Waals surface area contributed by atoms with Gasteiger partial charge in [0.05, 0.1) is 18.4 Å². The van der Waals surface area contributed by atoms with E-state index in [1.807, 2.05) is 4.90 Å². The molecule has 1 saturated heterocycles. The number of likely N-dealkylation sites (tertiary alicyclic amines) is 1. The van der Waals surface area contributed by atoms with Gasteiger partial charge in [-0.05, 0) is 48.6 Å². The summed E-state index contributed by atoms with van der Waals surface area (Å²) in [6.07, 6.45) is 3.63. The number of carbonyl (C=O) groups is 3. The predicted molar refractivity (Wildman–Crippen MR) is 112 cm³/mol. The van der Waals surface area contributed by atoms with Crippen LogP contribution in [0.5, 0.6) is 0 Å². The zero-order valence-electron chi connectivity index (χ0n) is 17.2. The lowest BCUT2D eigenvalue weighted by atomic mass is 9.97. The highest BCUT2D eigenvalue weighted by Gasteiger charge is 2.42. The number of furan rings is 1. The first-order valence-electron chi connectivity index (χ1n) is 10.2. The fraction of sp³-hybridized carbons (Fsp3) is 0.348. The third-order valence-electron chi connectivity index (χ3n) is 5.50. The Balaban J connectivity index is 1.71. The van der Waals surface area contributed by atoms with Crippen molar-refractivity contribution in [2.75, 3.05) is 18.4 Å². The summed E-state index contributed by atoms with van der Waals surface area (Å²) in [5, 5.41) is 2.72. The highest BCUT2D eigenvalue weighted by atomic mass is 16.3. The maximum atomic E-state index is 13.4. The lowest BCUT2D eigenvalue weighted by Gasteiger charge is -2.33. The van der Waals surface area contributed by atoms with E-state index in [-0.39, 0.29) is 24.3 Å². The second-order valence-electron chi connectivity index (χ2n) is 7.95. The van der Waals surface area contributed by atoms with Crippen molar-refractivity contribution in [2.45, 2.75) is 33.2 Å². The highest BCUT2D eigenvalue weighted by molar-refractivity contribution is 6.35. The van der Waals surface area contributed by atoms with Crippen LogP contribution in [-0.4, -0.2) is 40.6 Å². The highest BCUT2D eigenvalue weighted by Crippen LogP contribution is 2.35. The molecule has 1 N–H and O–H groups in total.